The Balaban J connectivity index is 3.68. The van der Waals surface area contributed by atoms with Crippen LogP contribution in [-0.2, 0) is 5.31 Å². The number of hydrogen-bond acceptors (Lipinski definition) is 5. The van der Waals surface area contributed by atoms with E-state index >= 15 is 0 Å². The number of hydrogen-bond donors (Lipinski definition) is 5. The largest absolute Gasteiger partial charge is 0.504 e. The normalized spacial score (nSPS) is 11.6. The Kier molecular flexibility index (Phi) is 2.39. The molecule has 1 rings (SSSR count). The van der Waals surface area contributed by atoms with Gasteiger partial charge in [-0.15, -0.1) is 0 Å². The van der Waals surface area contributed by atoms with Crippen molar-refractivity contribution in [3.05, 3.63) is 5.56 Å². The summed E-state index contributed by atoms with van der Waals surface area (Å²) >= 11 is 0. The van der Waals surface area contributed by atoms with Gasteiger partial charge in [0.15, 0.2) is 11.5 Å². The van der Waals surface area contributed by atoms with Crippen LogP contribution in [-0.4, -0.2) is 33.4 Å². The van der Waals surface area contributed by atoms with Gasteiger partial charge in [-0.05, 0) is 5.31 Å². The molecular weight excluding hydrogens is 199 g/mol. The minimum Gasteiger partial charge on any atom is -0.504 e. The Hall–Kier alpha value is -1.72. The molecule has 0 heterocycles. The average Bonchev–Trinajstić information content (AvgIpc) is 2.09. The molecular formula is C9H13BO5. The van der Waals surface area contributed by atoms with Gasteiger partial charge in [0.2, 0.25) is 17.2 Å². The van der Waals surface area contributed by atoms with Gasteiger partial charge in [-0.2, -0.15) is 0 Å². The van der Waals surface area contributed by atoms with Crippen LogP contribution in [0.15, 0.2) is 0 Å². The molecule has 0 atom stereocenters. The van der Waals surface area contributed by atoms with Crippen LogP contribution in [0.5, 0.6) is 28.7 Å². The highest BCUT2D eigenvalue weighted by Crippen LogP contribution is 2.53. The summed E-state index contributed by atoms with van der Waals surface area (Å²) in [5, 5.41) is 46.1. The summed E-state index contributed by atoms with van der Waals surface area (Å²) in [4.78, 5) is 0. The van der Waals surface area contributed by atoms with Crippen molar-refractivity contribution in [2.45, 2.75) is 19.2 Å². The van der Waals surface area contributed by atoms with Crippen molar-refractivity contribution < 1.29 is 25.5 Å². The molecule has 82 valence electrons. The summed E-state index contributed by atoms with van der Waals surface area (Å²) in [6, 6.07) is 0. The van der Waals surface area contributed by atoms with E-state index in [-0.39, 0.29) is 5.56 Å². The van der Waals surface area contributed by atoms with E-state index in [1.165, 1.54) is 0 Å². The number of benzene rings is 1. The smallest absolute Gasteiger partial charge is 0.208 e. The summed E-state index contributed by atoms with van der Waals surface area (Å²) in [5.41, 5.74) is -0.0182. The fraction of sp³-hybridized carbons (Fsp3) is 0.333. The first-order chi connectivity index (χ1) is 6.68. The van der Waals surface area contributed by atoms with Gasteiger partial charge in [-0.3, -0.25) is 0 Å². The van der Waals surface area contributed by atoms with Crippen LogP contribution in [0.2, 0.25) is 0 Å². The lowest BCUT2D eigenvalue weighted by molar-refractivity contribution is 0.321. The molecule has 6 heteroatoms. The highest BCUT2D eigenvalue weighted by molar-refractivity contribution is 6.16. The number of aromatic hydroxyl groups is 5. The predicted octanol–water partition coefficient (Wildman–Crippen LogP) is 0.0828. The lowest BCUT2D eigenvalue weighted by atomic mass is 9.66. The molecule has 0 aliphatic heterocycles. The third kappa shape index (κ3) is 1.62. The highest BCUT2D eigenvalue weighted by atomic mass is 16.4. The Labute approximate surface area is 87.6 Å². The van der Waals surface area contributed by atoms with Crippen molar-refractivity contribution in [3.63, 3.8) is 0 Å². The predicted molar refractivity (Wildman–Crippen MR) is 56.3 cm³/mol. The summed E-state index contributed by atoms with van der Waals surface area (Å²) in [6.07, 6.45) is 0. The zero-order valence-corrected chi connectivity index (χ0v) is 8.74. The first-order valence-electron chi connectivity index (χ1n) is 4.37. The van der Waals surface area contributed by atoms with Crippen molar-refractivity contribution in [2.24, 2.45) is 0 Å². The molecule has 0 aromatic heterocycles. The van der Waals surface area contributed by atoms with Gasteiger partial charge in [-0.1, -0.05) is 13.8 Å². The SMILES string of the molecule is BC(C)(C)c1c(O)c(O)c(O)c(O)c1O. The minimum atomic E-state index is -0.932. The van der Waals surface area contributed by atoms with E-state index in [1.54, 1.807) is 21.7 Å². The average molecular weight is 212 g/mol. The molecule has 0 amide bonds. The maximum atomic E-state index is 9.54. The van der Waals surface area contributed by atoms with E-state index in [9.17, 15) is 20.4 Å². The van der Waals surface area contributed by atoms with Crippen LogP contribution in [0, 0.1) is 0 Å². The standard InChI is InChI=1S/C9H13BO5/c1-9(2,10)3-4(11)6(13)8(15)7(14)5(3)12/h11-15H,10H2,1-2H3. The van der Waals surface area contributed by atoms with E-state index in [4.69, 9.17) is 5.11 Å². The van der Waals surface area contributed by atoms with Crippen molar-refractivity contribution in [1.29, 1.82) is 0 Å². The zero-order chi connectivity index (χ0) is 12.0. The summed E-state index contributed by atoms with van der Waals surface area (Å²) in [6.45, 7) is 3.36. The van der Waals surface area contributed by atoms with E-state index in [0.29, 0.717) is 0 Å². The van der Waals surface area contributed by atoms with E-state index < -0.39 is 34.1 Å². The van der Waals surface area contributed by atoms with Gasteiger partial charge in [0, 0.05) is 5.56 Å². The first-order valence-corrected chi connectivity index (χ1v) is 4.37. The van der Waals surface area contributed by atoms with Crippen LogP contribution in [0.25, 0.3) is 0 Å². The summed E-state index contributed by atoms with van der Waals surface area (Å²) in [5.74, 6) is -3.87. The molecule has 0 saturated carbocycles. The summed E-state index contributed by atoms with van der Waals surface area (Å²) < 4.78 is 0. The van der Waals surface area contributed by atoms with Crippen molar-refractivity contribution in [2.75, 3.05) is 0 Å². The molecule has 1 aromatic carbocycles. The van der Waals surface area contributed by atoms with Crippen molar-refractivity contribution >= 4 is 7.85 Å². The molecule has 0 fully saturated rings. The molecule has 0 bridgehead atoms. The van der Waals surface area contributed by atoms with Crippen LogP contribution in [0.4, 0.5) is 0 Å². The highest BCUT2D eigenvalue weighted by Gasteiger charge is 2.30. The second-order valence-electron chi connectivity index (χ2n) is 4.37. The van der Waals surface area contributed by atoms with Gasteiger partial charge in [-0.25, -0.2) is 0 Å². The van der Waals surface area contributed by atoms with Gasteiger partial charge < -0.3 is 25.5 Å². The van der Waals surface area contributed by atoms with Crippen LogP contribution >= 0.6 is 0 Å². The van der Waals surface area contributed by atoms with Crippen molar-refractivity contribution in [1.82, 2.24) is 0 Å². The van der Waals surface area contributed by atoms with Gasteiger partial charge >= 0.3 is 0 Å². The molecule has 0 saturated heterocycles. The number of rotatable bonds is 1. The molecule has 0 radical (unpaired) electrons. The maximum absolute atomic E-state index is 9.54. The lowest BCUT2D eigenvalue weighted by Gasteiger charge is -2.23. The maximum Gasteiger partial charge on any atom is 0.208 e. The topological polar surface area (TPSA) is 101 Å². The quantitative estimate of drug-likeness (QED) is 0.258. The first kappa shape index (κ1) is 11.4. The fourth-order valence-corrected chi connectivity index (χ4v) is 1.40. The minimum absolute atomic E-state index is 0.0182. The van der Waals surface area contributed by atoms with E-state index in [2.05, 4.69) is 0 Å². The molecule has 15 heavy (non-hydrogen) atoms. The second-order valence-corrected chi connectivity index (χ2v) is 4.37. The van der Waals surface area contributed by atoms with Crippen molar-refractivity contribution in [3.8, 4) is 28.7 Å². The van der Waals surface area contributed by atoms with Gasteiger partial charge in [0.05, 0.1) is 0 Å². The molecule has 5 N–H and O–H groups in total. The molecule has 1 aromatic rings. The molecule has 0 aliphatic carbocycles. The lowest BCUT2D eigenvalue weighted by Crippen LogP contribution is -2.17. The third-order valence-corrected chi connectivity index (χ3v) is 2.12. The van der Waals surface area contributed by atoms with E-state index in [1.807, 2.05) is 0 Å². The van der Waals surface area contributed by atoms with Crippen LogP contribution in [0.3, 0.4) is 0 Å². The molecule has 5 nitrogen and oxygen atoms in total. The Morgan fingerprint density at radius 1 is 0.733 bits per heavy atom. The zero-order valence-electron chi connectivity index (χ0n) is 8.74. The van der Waals surface area contributed by atoms with Crippen LogP contribution in [0.1, 0.15) is 19.4 Å². The monoisotopic (exact) mass is 212 g/mol. The Morgan fingerprint density at radius 2 is 1.00 bits per heavy atom. The molecule has 0 spiro atoms. The number of phenols is 5. The van der Waals surface area contributed by atoms with E-state index in [0.717, 1.165) is 0 Å². The van der Waals surface area contributed by atoms with Gasteiger partial charge in [0.1, 0.15) is 7.85 Å². The fourth-order valence-electron chi connectivity index (χ4n) is 1.40. The molecule has 0 unspecified atom stereocenters. The third-order valence-electron chi connectivity index (χ3n) is 2.12. The second kappa shape index (κ2) is 3.15. The number of phenolic OH excluding ortho intramolecular Hbond substituents is 5. The van der Waals surface area contributed by atoms with Gasteiger partial charge in [0.25, 0.3) is 0 Å². The Bertz CT molecular complexity index is 379. The molecule has 0 aliphatic rings. The summed E-state index contributed by atoms with van der Waals surface area (Å²) in [7, 11) is 1.68. The van der Waals surface area contributed by atoms with Crippen LogP contribution < -0.4 is 0 Å². The Morgan fingerprint density at radius 3 is 1.27 bits per heavy atom.